The topological polar surface area (TPSA) is 21.3 Å². The summed E-state index contributed by atoms with van der Waals surface area (Å²) < 4.78 is 30.0. The second-order valence-corrected chi connectivity index (χ2v) is 6.59. The average molecular weight is 376 g/mol. The third-order valence-electron chi connectivity index (χ3n) is 3.10. The molecule has 0 aliphatic heterocycles. The van der Waals surface area contributed by atoms with E-state index in [1.54, 1.807) is 23.5 Å². The Hall–Kier alpha value is -0.980. The molecule has 21 heavy (non-hydrogen) atoms. The molecule has 2 atom stereocenters. The lowest BCUT2D eigenvalue weighted by Crippen LogP contribution is -2.21. The van der Waals surface area contributed by atoms with Crippen molar-refractivity contribution >= 4 is 27.3 Å². The third-order valence-corrected chi connectivity index (χ3v) is 4.97. The van der Waals surface area contributed by atoms with Crippen molar-refractivity contribution in [2.45, 2.75) is 32.5 Å². The molecule has 1 N–H and O–H groups in total. The Morgan fingerprint density at radius 1 is 1.19 bits per heavy atom. The van der Waals surface area contributed by atoms with Crippen LogP contribution in [0.1, 0.15) is 36.4 Å². The number of hydrogen-bond acceptors (Lipinski definition) is 3. The van der Waals surface area contributed by atoms with Gasteiger partial charge in [0.05, 0.1) is 0 Å². The Bertz CT molecular complexity index is 591. The number of hydrogen-bond donors (Lipinski definition) is 1. The Morgan fingerprint density at radius 2 is 1.95 bits per heavy atom. The SMILES string of the molecule is CC(NC(C)c1cc(Br)cs1)c1cccc(OC(F)F)c1. The van der Waals surface area contributed by atoms with Crippen molar-refractivity contribution in [3.63, 3.8) is 0 Å². The quantitative estimate of drug-likeness (QED) is 0.717. The van der Waals surface area contributed by atoms with Gasteiger partial charge < -0.3 is 10.1 Å². The fourth-order valence-electron chi connectivity index (χ4n) is 2.07. The highest BCUT2D eigenvalue weighted by atomic mass is 79.9. The van der Waals surface area contributed by atoms with Gasteiger partial charge in [0.15, 0.2) is 0 Å². The van der Waals surface area contributed by atoms with Crippen LogP contribution in [0.5, 0.6) is 5.75 Å². The highest BCUT2D eigenvalue weighted by Gasteiger charge is 2.14. The van der Waals surface area contributed by atoms with Crippen LogP contribution in [0.25, 0.3) is 0 Å². The molecule has 0 saturated carbocycles. The maximum Gasteiger partial charge on any atom is 0.387 e. The van der Waals surface area contributed by atoms with Crippen LogP contribution < -0.4 is 10.1 Å². The molecule has 2 rings (SSSR count). The Labute approximate surface area is 135 Å². The summed E-state index contributed by atoms with van der Waals surface area (Å²) in [5.41, 5.74) is 0.913. The van der Waals surface area contributed by atoms with Crippen molar-refractivity contribution < 1.29 is 13.5 Å². The summed E-state index contributed by atoms with van der Waals surface area (Å²) in [4.78, 5) is 1.22. The first-order valence-corrected chi connectivity index (χ1v) is 8.17. The highest BCUT2D eigenvalue weighted by Crippen LogP contribution is 2.28. The van der Waals surface area contributed by atoms with Gasteiger partial charge in [-0.1, -0.05) is 12.1 Å². The summed E-state index contributed by atoms with van der Waals surface area (Å²) in [6.45, 7) is 1.28. The molecule has 114 valence electrons. The molecule has 0 bridgehead atoms. The number of nitrogens with one attached hydrogen (secondary N) is 1. The lowest BCUT2D eigenvalue weighted by Gasteiger charge is -2.20. The second-order valence-electron chi connectivity index (χ2n) is 4.73. The van der Waals surface area contributed by atoms with E-state index in [1.165, 1.54) is 10.9 Å². The molecule has 1 heterocycles. The van der Waals surface area contributed by atoms with Gasteiger partial charge in [-0.25, -0.2) is 0 Å². The molecule has 1 aromatic carbocycles. The maximum absolute atomic E-state index is 12.2. The van der Waals surface area contributed by atoms with Crippen LogP contribution in [-0.4, -0.2) is 6.61 Å². The normalized spacial score (nSPS) is 14.2. The summed E-state index contributed by atoms with van der Waals surface area (Å²) in [6.07, 6.45) is 0. The van der Waals surface area contributed by atoms with Crippen LogP contribution in [0.2, 0.25) is 0 Å². The molecular formula is C15H16BrF2NOS. The van der Waals surface area contributed by atoms with Crippen molar-refractivity contribution in [1.82, 2.24) is 5.32 Å². The molecule has 6 heteroatoms. The number of halogens is 3. The fourth-order valence-corrected chi connectivity index (χ4v) is 3.53. The van der Waals surface area contributed by atoms with Crippen LogP contribution in [0.15, 0.2) is 40.2 Å². The van der Waals surface area contributed by atoms with E-state index in [9.17, 15) is 8.78 Å². The monoisotopic (exact) mass is 375 g/mol. The number of ether oxygens (including phenoxy) is 1. The van der Waals surface area contributed by atoms with Crippen LogP contribution in [0.3, 0.4) is 0 Å². The first-order valence-electron chi connectivity index (χ1n) is 6.50. The van der Waals surface area contributed by atoms with E-state index in [0.29, 0.717) is 0 Å². The second kappa shape index (κ2) is 7.33. The van der Waals surface area contributed by atoms with Gasteiger partial charge in [-0.2, -0.15) is 8.78 Å². The molecular weight excluding hydrogens is 360 g/mol. The van der Waals surface area contributed by atoms with Crippen molar-refractivity contribution in [3.8, 4) is 5.75 Å². The number of thiophene rings is 1. The fraction of sp³-hybridized carbons (Fsp3) is 0.333. The molecule has 2 aromatic rings. The van der Waals surface area contributed by atoms with Gasteiger partial charge >= 0.3 is 6.61 Å². The van der Waals surface area contributed by atoms with E-state index in [2.05, 4.69) is 39.0 Å². The Kier molecular flexibility index (Phi) is 5.72. The molecule has 0 saturated heterocycles. The largest absolute Gasteiger partial charge is 0.435 e. The summed E-state index contributed by atoms with van der Waals surface area (Å²) in [5.74, 6) is 0.183. The molecule has 0 fully saturated rings. The minimum atomic E-state index is -2.80. The molecule has 0 aliphatic carbocycles. The van der Waals surface area contributed by atoms with Gasteiger partial charge in [-0.15, -0.1) is 11.3 Å². The summed E-state index contributed by atoms with van der Waals surface area (Å²) >= 11 is 5.11. The molecule has 0 aliphatic rings. The van der Waals surface area contributed by atoms with Gasteiger partial charge in [-0.3, -0.25) is 0 Å². The van der Waals surface area contributed by atoms with Gasteiger partial charge in [0.2, 0.25) is 0 Å². The van der Waals surface area contributed by atoms with Gasteiger partial charge in [0.1, 0.15) is 5.75 Å². The molecule has 0 amide bonds. The zero-order valence-electron chi connectivity index (χ0n) is 11.6. The van der Waals surface area contributed by atoms with Crippen LogP contribution >= 0.6 is 27.3 Å². The summed E-state index contributed by atoms with van der Waals surface area (Å²) in [6, 6.07) is 9.07. The molecule has 2 unspecified atom stereocenters. The third kappa shape index (κ3) is 4.76. The van der Waals surface area contributed by atoms with Gasteiger partial charge in [0.25, 0.3) is 0 Å². The van der Waals surface area contributed by atoms with E-state index in [4.69, 9.17) is 0 Å². The number of rotatable bonds is 6. The number of alkyl halides is 2. The predicted octanol–water partition coefficient (Wildman–Crippen LogP) is 5.52. The average Bonchev–Trinajstić information content (AvgIpc) is 2.85. The van der Waals surface area contributed by atoms with Gasteiger partial charge in [0, 0.05) is 26.8 Å². The van der Waals surface area contributed by atoms with Crippen LogP contribution in [-0.2, 0) is 0 Å². The van der Waals surface area contributed by atoms with Crippen molar-refractivity contribution in [2.75, 3.05) is 0 Å². The van der Waals surface area contributed by atoms with Crippen molar-refractivity contribution in [3.05, 3.63) is 50.6 Å². The van der Waals surface area contributed by atoms with E-state index < -0.39 is 6.61 Å². The number of benzene rings is 1. The first-order chi connectivity index (χ1) is 9.95. The predicted molar refractivity (Wildman–Crippen MR) is 85.1 cm³/mol. The molecule has 0 radical (unpaired) electrons. The smallest absolute Gasteiger partial charge is 0.387 e. The standard InChI is InChI=1S/C15H16BrF2NOS/c1-9(19-10(2)14-7-12(16)8-21-14)11-4-3-5-13(6-11)20-15(17)18/h3-10,15,19H,1-2H3. The Morgan fingerprint density at radius 3 is 2.57 bits per heavy atom. The van der Waals surface area contributed by atoms with Gasteiger partial charge in [-0.05, 0) is 53.5 Å². The minimum Gasteiger partial charge on any atom is -0.435 e. The molecule has 0 spiro atoms. The Balaban J connectivity index is 2.04. The maximum atomic E-state index is 12.2. The zero-order chi connectivity index (χ0) is 15.4. The highest BCUT2D eigenvalue weighted by molar-refractivity contribution is 9.10. The molecule has 1 aromatic heterocycles. The first kappa shape index (κ1) is 16.4. The van der Waals surface area contributed by atoms with E-state index in [1.807, 2.05) is 18.4 Å². The lowest BCUT2D eigenvalue weighted by atomic mass is 10.1. The van der Waals surface area contributed by atoms with Crippen molar-refractivity contribution in [2.24, 2.45) is 0 Å². The van der Waals surface area contributed by atoms with E-state index in [0.717, 1.165) is 10.0 Å². The van der Waals surface area contributed by atoms with E-state index in [-0.39, 0.29) is 17.8 Å². The summed E-state index contributed by atoms with van der Waals surface area (Å²) in [5, 5.41) is 5.49. The minimum absolute atomic E-state index is 0.0297. The van der Waals surface area contributed by atoms with E-state index >= 15 is 0 Å². The summed E-state index contributed by atoms with van der Waals surface area (Å²) in [7, 11) is 0. The zero-order valence-corrected chi connectivity index (χ0v) is 14.0. The molecule has 2 nitrogen and oxygen atoms in total. The lowest BCUT2D eigenvalue weighted by molar-refractivity contribution is -0.0499. The van der Waals surface area contributed by atoms with Crippen LogP contribution in [0, 0.1) is 0 Å². The van der Waals surface area contributed by atoms with Crippen LogP contribution in [0.4, 0.5) is 8.78 Å². The van der Waals surface area contributed by atoms with Crippen molar-refractivity contribution in [1.29, 1.82) is 0 Å².